The molecule has 0 saturated heterocycles. The van der Waals surface area contributed by atoms with Gasteiger partial charge in [0.2, 0.25) is 0 Å². The van der Waals surface area contributed by atoms with E-state index < -0.39 is 5.82 Å². The lowest BCUT2D eigenvalue weighted by Crippen LogP contribution is -1.89. The second-order valence-electron chi connectivity index (χ2n) is 3.11. The maximum atomic E-state index is 13.6. The van der Waals surface area contributed by atoms with Gasteiger partial charge in [-0.05, 0) is 24.3 Å². The highest BCUT2D eigenvalue weighted by molar-refractivity contribution is 6.36. The Hall–Kier alpha value is -0.830. The number of benzene rings is 1. The van der Waals surface area contributed by atoms with Crippen LogP contribution >= 0.6 is 34.8 Å². The number of hydrogen-bond acceptors (Lipinski definition) is 1. The minimum atomic E-state index is -0.517. The first-order valence-corrected chi connectivity index (χ1v) is 5.48. The number of aromatic nitrogens is 1. The van der Waals surface area contributed by atoms with Crippen molar-refractivity contribution in [2.45, 2.75) is 0 Å². The Balaban J connectivity index is 2.59. The molecular formula is C11H5Cl3FN. The molecule has 1 aromatic carbocycles. The molecule has 1 heterocycles. The Morgan fingerprint density at radius 1 is 1.00 bits per heavy atom. The fraction of sp³-hybridized carbons (Fsp3) is 0. The molecule has 1 aromatic heterocycles. The fourth-order valence-electron chi connectivity index (χ4n) is 1.29. The van der Waals surface area contributed by atoms with Gasteiger partial charge in [0, 0.05) is 16.8 Å². The van der Waals surface area contributed by atoms with Crippen LogP contribution in [0.5, 0.6) is 0 Å². The van der Waals surface area contributed by atoms with E-state index in [-0.39, 0.29) is 10.7 Å². The Morgan fingerprint density at radius 3 is 2.38 bits per heavy atom. The van der Waals surface area contributed by atoms with E-state index in [1.807, 2.05) is 0 Å². The molecule has 0 aliphatic rings. The van der Waals surface area contributed by atoms with Crippen LogP contribution in [0.1, 0.15) is 0 Å². The van der Waals surface area contributed by atoms with Gasteiger partial charge in [-0.1, -0.05) is 34.8 Å². The van der Waals surface area contributed by atoms with Gasteiger partial charge in [0.1, 0.15) is 5.69 Å². The van der Waals surface area contributed by atoms with Gasteiger partial charge < -0.3 is 0 Å². The molecule has 16 heavy (non-hydrogen) atoms. The molecule has 0 N–H and O–H groups in total. The number of pyridine rings is 1. The van der Waals surface area contributed by atoms with Crippen LogP contribution < -0.4 is 0 Å². The molecule has 82 valence electrons. The van der Waals surface area contributed by atoms with E-state index in [0.717, 1.165) is 0 Å². The third-order valence-corrected chi connectivity index (χ3v) is 2.75. The van der Waals surface area contributed by atoms with Gasteiger partial charge in [-0.3, -0.25) is 4.98 Å². The molecule has 0 spiro atoms. The van der Waals surface area contributed by atoms with Crippen molar-refractivity contribution in [3.8, 4) is 11.3 Å². The highest BCUT2D eigenvalue weighted by Crippen LogP contribution is 2.31. The zero-order valence-electron chi connectivity index (χ0n) is 7.85. The monoisotopic (exact) mass is 275 g/mol. The first-order chi connectivity index (χ1) is 7.58. The second-order valence-corrected chi connectivity index (χ2v) is 4.39. The molecule has 2 rings (SSSR count). The fourth-order valence-corrected chi connectivity index (χ4v) is 1.94. The van der Waals surface area contributed by atoms with Gasteiger partial charge >= 0.3 is 0 Å². The summed E-state index contributed by atoms with van der Waals surface area (Å²) in [5, 5.41) is 1.08. The van der Waals surface area contributed by atoms with Crippen LogP contribution in [0.2, 0.25) is 15.1 Å². The van der Waals surface area contributed by atoms with Gasteiger partial charge in [0.25, 0.3) is 0 Å². The third kappa shape index (κ3) is 2.29. The van der Waals surface area contributed by atoms with E-state index in [0.29, 0.717) is 15.6 Å². The molecule has 0 aliphatic heterocycles. The van der Waals surface area contributed by atoms with Crippen molar-refractivity contribution < 1.29 is 4.39 Å². The van der Waals surface area contributed by atoms with Crippen molar-refractivity contribution in [2.24, 2.45) is 0 Å². The predicted molar refractivity (Wildman–Crippen MR) is 64.7 cm³/mol. The lowest BCUT2D eigenvalue weighted by molar-refractivity contribution is 0.626. The van der Waals surface area contributed by atoms with Crippen LogP contribution in [0.25, 0.3) is 11.3 Å². The summed E-state index contributed by atoms with van der Waals surface area (Å²) < 4.78 is 13.6. The van der Waals surface area contributed by atoms with E-state index in [1.165, 1.54) is 18.3 Å². The number of hydrogen-bond donors (Lipinski definition) is 0. The molecule has 0 radical (unpaired) electrons. The lowest BCUT2D eigenvalue weighted by Gasteiger charge is -2.05. The first-order valence-electron chi connectivity index (χ1n) is 4.34. The summed E-state index contributed by atoms with van der Waals surface area (Å²) in [4.78, 5) is 3.90. The zero-order chi connectivity index (χ0) is 11.7. The lowest BCUT2D eigenvalue weighted by atomic mass is 10.1. The molecule has 2 aromatic rings. The van der Waals surface area contributed by atoms with Crippen molar-refractivity contribution in [3.05, 3.63) is 51.3 Å². The molecule has 1 nitrogen and oxygen atoms in total. The predicted octanol–water partition coefficient (Wildman–Crippen LogP) is 4.85. The Morgan fingerprint density at radius 2 is 1.75 bits per heavy atom. The summed E-state index contributed by atoms with van der Waals surface area (Å²) in [6, 6.07) is 5.96. The highest BCUT2D eigenvalue weighted by atomic mass is 35.5. The van der Waals surface area contributed by atoms with Gasteiger partial charge in [-0.15, -0.1) is 0 Å². The Labute approximate surface area is 107 Å². The molecule has 5 heteroatoms. The first kappa shape index (κ1) is 11.6. The van der Waals surface area contributed by atoms with Gasteiger partial charge in [-0.2, -0.15) is 0 Å². The van der Waals surface area contributed by atoms with Crippen LogP contribution in [-0.2, 0) is 0 Å². The molecule has 0 unspecified atom stereocenters. The zero-order valence-corrected chi connectivity index (χ0v) is 10.1. The summed E-state index contributed by atoms with van der Waals surface area (Å²) in [5.74, 6) is -0.517. The van der Waals surface area contributed by atoms with Gasteiger partial charge in [-0.25, -0.2) is 4.39 Å². The number of rotatable bonds is 1. The van der Waals surface area contributed by atoms with Crippen LogP contribution in [-0.4, -0.2) is 4.98 Å². The van der Waals surface area contributed by atoms with E-state index >= 15 is 0 Å². The minimum Gasteiger partial charge on any atom is -0.252 e. The SMILES string of the molecule is Fc1cc(Cl)cnc1-c1ccc(Cl)cc1Cl. The van der Waals surface area contributed by atoms with Crippen molar-refractivity contribution in [1.82, 2.24) is 4.98 Å². The van der Waals surface area contributed by atoms with Crippen LogP contribution in [0.15, 0.2) is 30.5 Å². The second kappa shape index (κ2) is 4.58. The smallest absolute Gasteiger partial charge is 0.151 e. The summed E-state index contributed by atoms with van der Waals surface area (Å²) in [7, 11) is 0. The summed E-state index contributed by atoms with van der Waals surface area (Å²) in [5.41, 5.74) is 0.645. The van der Waals surface area contributed by atoms with E-state index in [9.17, 15) is 4.39 Å². The Kier molecular flexibility index (Phi) is 3.33. The van der Waals surface area contributed by atoms with Crippen molar-refractivity contribution in [2.75, 3.05) is 0 Å². The maximum Gasteiger partial charge on any atom is 0.151 e. The maximum absolute atomic E-state index is 13.6. The van der Waals surface area contributed by atoms with Gasteiger partial charge in [0.05, 0.1) is 10.0 Å². The third-order valence-electron chi connectivity index (χ3n) is 1.99. The molecule has 0 amide bonds. The molecule has 0 aliphatic carbocycles. The van der Waals surface area contributed by atoms with Crippen molar-refractivity contribution in [3.63, 3.8) is 0 Å². The molecule has 0 atom stereocenters. The van der Waals surface area contributed by atoms with Gasteiger partial charge in [0.15, 0.2) is 5.82 Å². The van der Waals surface area contributed by atoms with Crippen molar-refractivity contribution in [1.29, 1.82) is 0 Å². The summed E-state index contributed by atoms with van der Waals surface area (Å²) >= 11 is 17.3. The normalized spacial score (nSPS) is 10.5. The number of nitrogens with zero attached hydrogens (tertiary/aromatic N) is 1. The number of halogens is 4. The molecule has 0 saturated carbocycles. The highest BCUT2D eigenvalue weighted by Gasteiger charge is 2.11. The minimum absolute atomic E-state index is 0.158. The average molecular weight is 277 g/mol. The average Bonchev–Trinajstić information content (AvgIpc) is 2.19. The largest absolute Gasteiger partial charge is 0.252 e. The van der Waals surface area contributed by atoms with Crippen LogP contribution in [0.3, 0.4) is 0 Å². The Bertz CT molecular complexity index is 493. The molecular weight excluding hydrogens is 271 g/mol. The summed E-state index contributed by atoms with van der Waals surface area (Å²) in [6.07, 6.45) is 1.37. The van der Waals surface area contributed by atoms with E-state index in [1.54, 1.807) is 12.1 Å². The quantitative estimate of drug-likeness (QED) is 0.725. The summed E-state index contributed by atoms with van der Waals surface area (Å²) in [6.45, 7) is 0. The molecule has 0 fully saturated rings. The van der Waals surface area contributed by atoms with E-state index in [4.69, 9.17) is 34.8 Å². The van der Waals surface area contributed by atoms with Crippen LogP contribution in [0.4, 0.5) is 4.39 Å². The molecule has 0 bridgehead atoms. The van der Waals surface area contributed by atoms with E-state index in [2.05, 4.69) is 4.98 Å². The van der Waals surface area contributed by atoms with Crippen molar-refractivity contribution >= 4 is 34.8 Å². The van der Waals surface area contributed by atoms with Crippen LogP contribution in [0, 0.1) is 5.82 Å². The standard InChI is InChI=1S/C11H5Cl3FN/c12-6-1-2-8(9(14)3-6)11-10(15)4-7(13)5-16-11/h1-5H. The topological polar surface area (TPSA) is 12.9 Å².